The number of nitrogens with one attached hydrogen (secondary N) is 1. The predicted octanol–water partition coefficient (Wildman–Crippen LogP) is 1.25. The zero-order chi connectivity index (χ0) is 13.8. The summed E-state index contributed by atoms with van der Waals surface area (Å²) in [6, 6.07) is 0. The van der Waals surface area contributed by atoms with E-state index in [1.807, 2.05) is 13.8 Å². The zero-order valence-corrected chi connectivity index (χ0v) is 11.9. The van der Waals surface area contributed by atoms with E-state index in [4.69, 9.17) is 10.6 Å². The van der Waals surface area contributed by atoms with Crippen LogP contribution in [0.15, 0.2) is 0 Å². The van der Waals surface area contributed by atoms with E-state index in [1.165, 1.54) is 0 Å². The minimum Gasteiger partial charge on any atom is -0.381 e. The Morgan fingerprint density at radius 3 is 2.58 bits per heavy atom. The van der Waals surface area contributed by atoms with Crippen LogP contribution in [0.4, 0.5) is 11.6 Å². The van der Waals surface area contributed by atoms with Crippen LogP contribution in [-0.4, -0.2) is 36.3 Å². The Bertz CT molecular complexity index is 429. The largest absolute Gasteiger partial charge is 0.381 e. The molecule has 0 unspecified atom stereocenters. The molecule has 3 N–H and O–H groups in total. The number of hydrogen-bond acceptors (Lipinski definition) is 6. The van der Waals surface area contributed by atoms with Crippen molar-refractivity contribution in [3.05, 3.63) is 11.4 Å². The molecular weight excluding hydrogens is 242 g/mol. The van der Waals surface area contributed by atoms with E-state index >= 15 is 0 Å². The van der Waals surface area contributed by atoms with Gasteiger partial charge in [-0.1, -0.05) is 6.92 Å². The Morgan fingerprint density at radius 2 is 2.05 bits per heavy atom. The van der Waals surface area contributed by atoms with E-state index in [0.29, 0.717) is 6.10 Å². The third-order valence-electron chi connectivity index (χ3n) is 3.69. The molecule has 19 heavy (non-hydrogen) atoms. The Hall–Kier alpha value is -1.40. The number of methoxy groups -OCH3 is 1. The lowest BCUT2D eigenvalue weighted by Gasteiger charge is -2.33. The Labute approximate surface area is 114 Å². The molecule has 0 amide bonds. The quantitative estimate of drug-likeness (QED) is 0.630. The molecule has 1 aromatic heterocycles. The van der Waals surface area contributed by atoms with Crippen LogP contribution in [0.5, 0.6) is 0 Å². The number of aryl methyl sites for hydroxylation is 1. The summed E-state index contributed by atoms with van der Waals surface area (Å²) in [5.74, 6) is 8.07. The zero-order valence-electron chi connectivity index (χ0n) is 11.9. The monoisotopic (exact) mass is 265 g/mol. The van der Waals surface area contributed by atoms with Gasteiger partial charge in [-0.3, -0.25) is 0 Å². The molecule has 0 spiro atoms. The van der Waals surface area contributed by atoms with E-state index < -0.39 is 0 Å². The second kappa shape index (κ2) is 6.16. The minimum absolute atomic E-state index is 0.371. The maximum atomic E-state index is 5.54. The fourth-order valence-electron chi connectivity index (χ4n) is 2.46. The first-order chi connectivity index (χ1) is 9.19. The van der Waals surface area contributed by atoms with Gasteiger partial charge in [-0.15, -0.1) is 0 Å². The average molecular weight is 265 g/mol. The molecule has 0 aliphatic carbocycles. The number of hydrazine groups is 1. The van der Waals surface area contributed by atoms with Crippen molar-refractivity contribution in [1.29, 1.82) is 0 Å². The topological polar surface area (TPSA) is 76.3 Å². The van der Waals surface area contributed by atoms with Gasteiger partial charge in [0.15, 0.2) is 0 Å². The number of nitrogens with two attached hydrogens (primary N) is 1. The Kier molecular flexibility index (Phi) is 4.55. The fourth-order valence-corrected chi connectivity index (χ4v) is 2.46. The van der Waals surface area contributed by atoms with Crippen molar-refractivity contribution in [2.75, 3.05) is 30.5 Å². The Morgan fingerprint density at radius 1 is 1.37 bits per heavy atom. The number of hydrogen-bond donors (Lipinski definition) is 2. The van der Waals surface area contributed by atoms with Crippen LogP contribution in [0.2, 0.25) is 0 Å². The van der Waals surface area contributed by atoms with E-state index in [0.717, 1.165) is 55.4 Å². The van der Waals surface area contributed by atoms with Gasteiger partial charge in [0.05, 0.1) is 6.10 Å². The lowest BCUT2D eigenvalue weighted by atomic mass is 10.1. The SMILES string of the molecule is CCc1nc(NN)c(C)c(N2CCC(OC)CC2)n1. The number of piperidine rings is 1. The highest BCUT2D eigenvalue weighted by molar-refractivity contribution is 5.58. The third-order valence-corrected chi connectivity index (χ3v) is 3.69. The van der Waals surface area contributed by atoms with Gasteiger partial charge in [-0.05, 0) is 19.8 Å². The fraction of sp³-hybridized carbons (Fsp3) is 0.692. The standard InChI is InChI=1S/C13H23N5O/c1-4-11-15-12(17-14)9(2)13(16-11)18-7-5-10(19-3)6-8-18/h10H,4-8,14H2,1-3H3,(H,15,16,17). The van der Waals surface area contributed by atoms with E-state index in [9.17, 15) is 0 Å². The highest BCUT2D eigenvalue weighted by Gasteiger charge is 2.22. The van der Waals surface area contributed by atoms with Crippen molar-refractivity contribution < 1.29 is 4.74 Å². The molecular formula is C13H23N5O. The Balaban J connectivity index is 2.24. The summed E-state index contributed by atoms with van der Waals surface area (Å²) in [7, 11) is 1.78. The summed E-state index contributed by atoms with van der Waals surface area (Å²) in [5.41, 5.74) is 3.68. The maximum absolute atomic E-state index is 5.54. The van der Waals surface area contributed by atoms with Gasteiger partial charge >= 0.3 is 0 Å². The minimum atomic E-state index is 0.371. The molecule has 2 rings (SSSR count). The van der Waals surface area contributed by atoms with Crippen molar-refractivity contribution in [2.24, 2.45) is 5.84 Å². The number of nitrogens with zero attached hydrogens (tertiary/aromatic N) is 3. The van der Waals surface area contributed by atoms with Crippen molar-refractivity contribution in [3.63, 3.8) is 0 Å². The van der Waals surface area contributed by atoms with Gasteiger partial charge < -0.3 is 15.1 Å². The van der Waals surface area contributed by atoms with E-state index in [-0.39, 0.29) is 0 Å². The first-order valence-electron chi connectivity index (χ1n) is 6.81. The summed E-state index contributed by atoms with van der Waals surface area (Å²) >= 11 is 0. The normalized spacial score (nSPS) is 16.7. The van der Waals surface area contributed by atoms with Gasteiger partial charge in [-0.25, -0.2) is 15.8 Å². The number of aromatic nitrogens is 2. The first kappa shape index (κ1) is 14.0. The number of nitrogen functional groups attached to an aromatic ring is 1. The van der Waals surface area contributed by atoms with Crippen molar-refractivity contribution in [2.45, 2.75) is 39.2 Å². The molecule has 106 valence electrons. The van der Waals surface area contributed by atoms with Crippen molar-refractivity contribution in [3.8, 4) is 0 Å². The second-order valence-corrected chi connectivity index (χ2v) is 4.86. The van der Waals surface area contributed by atoms with E-state index in [1.54, 1.807) is 7.11 Å². The van der Waals surface area contributed by atoms with Crippen LogP contribution in [0.3, 0.4) is 0 Å². The van der Waals surface area contributed by atoms with Crippen LogP contribution in [0.1, 0.15) is 31.2 Å². The smallest absolute Gasteiger partial charge is 0.148 e. The second-order valence-electron chi connectivity index (χ2n) is 4.86. The molecule has 0 bridgehead atoms. The molecule has 6 heteroatoms. The molecule has 0 aromatic carbocycles. The van der Waals surface area contributed by atoms with Gasteiger partial charge in [0.2, 0.25) is 0 Å². The molecule has 1 saturated heterocycles. The molecule has 6 nitrogen and oxygen atoms in total. The van der Waals surface area contributed by atoms with E-state index in [2.05, 4.69) is 20.3 Å². The van der Waals surface area contributed by atoms with Crippen LogP contribution < -0.4 is 16.2 Å². The van der Waals surface area contributed by atoms with Gasteiger partial charge in [0.25, 0.3) is 0 Å². The molecule has 2 heterocycles. The highest BCUT2D eigenvalue weighted by Crippen LogP contribution is 2.26. The lowest BCUT2D eigenvalue weighted by molar-refractivity contribution is 0.0817. The average Bonchev–Trinajstić information content (AvgIpc) is 2.47. The summed E-state index contributed by atoms with van der Waals surface area (Å²) in [6.07, 6.45) is 3.24. The summed E-state index contributed by atoms with van der Waals surface area (Å²) in [4.78, 5) is 11.3. The van der Waals surface area contributed by atoms with Gasteiger partial charge in [0, 0.05) is 32.2 Å². The maximum Gasteiger partial charge on any atom is 0.148 e. The third kappa shape index (κ3) is 2.96. The molecule has 0 atom stereocenters. The van der Waals surface area contributed by atoms with Crippen molar-refractivity contribution in [1.82, 2.24) is 9.97 Å². The molecule has 0 saturated carbocycles. The molecule has 1 aromatic rings. The number of anilines is 2. The highest BCUT2D eigenvalue weighted by atomic mass is 16.5. The summed E-state index contributed by atoms with van der Waals surface area (Å²) in [6.45, 7) is 5.98. The summed E-state index contributed by atoms with van der Waals surface area (Å²) < 4.78 is 5.40. The van der Waals surface area contributed by atoms with Crippen LogP contribution in [0, 0.1) is 6.92 Å². The lowest BCUT2D eigenvalue weighted by Crippen LogP contribution is -2.38. The van der Waals surface area contributed by atoms with Gasteiger partial charge in [0.1, 0.15) is 17.5 Å². The van der Waals surface area contributed by atoms with Gasteiger partial charge in [-0.2, -0.15) is 0 Å². The first-order valence-corrected chi connectivity index (χ1v) is 6.81. The van der Waals surface area contributed by atoms with Crippen LogP contribution in [-0.2, 0) is 11.2 Å². The summed E-state index contributed by atoms with van der Waals surface area (Å²) in [5, 5.41) is 0. The predicted molar refractivity (Wildman–Crippen MR) is 76.2 cm³/mol. The molecule has 1 aliphatic heterocycles. The molecule has 1 aliphatic rings. The number of ether oxygens (including phenoxy) is 1. The number of rotatable bonds is 4. The van der Waals surface area contributed by atoms with Crippen molar-refractivity contribution >= 4 is 11.6 Å². The van der Waals surface area contributed by atoms with Crippen LogP contribution >= 0.6 is 0 Å². The van der Waals surface area contributed by atoms with Crippen LogP contribution in [0.25, 0.3) is 0 Å². The molecule has 0 radical (unpaired) electrons. The molecule has 1 fully saturated rings.